The highest BCUT2D eigenvalue weighted by Gasteiger charge is 2.15. The van der Waals surface area contributed by atoms with Crippen LogP contribution in [0, 0.1) is 0 Å². The highest BCUT2D eigenvalue weighted by molar-refractivity contribution is 7.91. The molecule has 1 aromatic rings. The van der Waals surface area contributed by atoms with Crippen molar-refractivity contribution in [1.29, 1.82) is 0 Å². The molecule has 19 heavy (non-hydrogen) atoms. The van der Waals surface area contributed by atoms with Gasteiger partial charge in [0, 0.05) is 17.0 Å². The van der Waals surface area contributed by atoms with Crippen LogP contribution < -0.4 is 0 Å². The van der Waals surface area contributed by atoms with Crippen LogP contribution in [0.3, 0.4) is 0 Å². The summed E-state index contributed by atoms with van der Waals surface area (Å²) in [4.78, 5) is 10.6. The number of aryl methyl sites for hydroxylation is 1. The second-order valence-corrected chi connectivity index (χ2v) is 6.55. The summed E-state index contributed by atoms with van der Waals surface area (Å²) in [5.74, 6) is -1.25. The van der Waals surface area contributed by atoms with Crippen molar-refractivity contribution < 1.29 is 18.3 Å². The summed E-state index contributed by atoms with van der Waals surface area (Å²) < 4.78 is 23.8. The molecule has 7 heteroatoms. The lowest BCUT2D eigenvalue weighted by Gasteiger charge is -2.05. The van der Waals surface area contributed by atoms with Gasteiger partial charge in [-0.15, -0.1) is 0 Å². The number of benzene rings is 1. The van der Waals surface area contributed by atoms with Crippen molar-refractivity contribution in [2.24, 2.45) is 0 Å². The molecule has 0 unspecified atom stereocenters. The predicted octanol–water partition coefficient (Wildman–Crippen LogP) is 2.80. The first-order chi connectivity index (χ1) is 8.85. The average Bonchev–Trinajstić information content (AvgIpc) is 2.36. The molecule has 0 aliphatic rings. The van der Waals surface area contributed by atoms with Gasteiger partial charge in [0.1, 0.15) is 0 Å². The maximum absolute atomic E-state index is 11.9. The average molecular weight is 323 g/mol. The molecule has 1 N–H and O–H groups in total. The molecule has 4 nitrogen and oxygen atoms in total. The van der Waals surface area contributed by atoms with E-state index < -0.39 is 15.8 Å². The Morgan fingerprint density at radius 2 is 1.84 bits per heavy atom. The zero-order valence-corrected chi connectivity index (χ0v) is 12.2. The maximum Gasteiger partial charge on any atom is 0.303 e. The SMILES string of the molecule is O=C(O)CCc1ccc(S(=O)(=O)CC(Cl)=CCl)cc1. The van der Waals surface area contributed by atoms with Gasteiger partial charge in [0.15, 0.2) is 9.84 Å². The normalized spacial score (nSPS) is 12.4. The number of aliphatic carboxylic acids is 1. The quantitative estimate of drug-likeness (QED) is 0.874. The summed E-state index contributed by atoms with van der Waals surface area (Å²) in [6, 6.07) is 6.05. The molecular weight excluding hydrogens is 311 g/mol. The highest BCUT2D eigenvalue weighted by Crippen LogP contribution is 2.17. The summed E-state index contributed by atoms with van der Waals surface area (Å²) >= 11 is 10.9. The first-order valence-electron chi connectivity index (χ1n) is 5.33. The fourth-order valence-corrected chi connectivity index (χ4v) is 3.17. The first kappa shape index (κ1) is 16.0. The second-order valence-electron chi connectivity index (χ2n) is 3.85. The molecule has 0 aliphatic carbocycles. The molecule has 0 atom stereocenters. The Bertz CT molecular complexity index is 576. The highest BCUT2D eigenvalue weighted by atomic mass is 35.5. The fraction of sp³-hybridized carbons (Fsp3) is 0.250. The van der Waals surface area contributed by atoms with Gasteiger partial charge in [0.05, 0.1) is 10.6 Å². The third-order valence-corrected chi connectivity index (χ3v) is 4.81. The van der Waals surface area contributed by atoms with E-state index in [1.54, 1.807) is 12.1 Å². The molecule has 0 saturated carbocycles. The minimum Gasteiger partial charge on any atom is -0.481 e. The van der Waals surface area contributed by atoms with E-state index in [2.05, 4.69) is 0 Å². The van der Waals surface area contributed by atoms with Gasteiger partial charge in [-0.3, -0.25) is 4.79 Å². The third kappa shape index (κ3) is 5.22. The third-order valence-electron chi connectivity index (χ3n) is 2.36. The van der Waals surface area contributed by atoms with Gasteiger partial charge in [-0.25, -0.2) is 8.42 Å². The Hall–Kier alpha value is -1.04. The van der Waals surface area contributed by atoms with Gasteiger partial charge in [-0.1, -0.05) is 35.3 Å². The van der Waals surface area contributed by atoms with Crippen LogP contribution in [0.15, 0.2) is 39.7 Å². The van der Waals surface area contributed by atoms with E-state index in [1.807, 2.05) is 0 Å². The van der Waals surface area contributed by atoms with Gasteiger partial charge in [-0.2, -0.15) is 0 Å². The lowest BCUT2D eigenvalue weighted by molar-refractivity contribution is -0.136. The first-order valence-corrected chi connectivity index (χ1v) is 7.80. The Kier molecular flexibility index (Phi) is 5.85. The number of hydrogen-bond acceptors (Lipinski definition) is 3. The van der Waals surface area contributed by atoms with E-state index in [0.717, 1.165) is 11.1 Å². The molecule has 104 valence electrons. The van der Waals surface area contributed by atoms with Crippen molar-refractivity contribution in [2.45, 2.75) is 17.7 Å². The molecular formula is C12H12Cl2O4S. The molecule has 0 spiro atoms. The second kappa shape index (κ2) is 6.93. The van der Waals surface area contributed by atoms with Crippen LogP contribution in [0.2, 0.25) is 0 Å². The summed E-state index contributed by atoms with van der Waals surface area (Å²) in [5, 5.41) is 8.59. The molecule has 0 aliphatic heterocycles. The Morgan fingerprint density at radius 3 is 2.32 bits per heavy atom. The minimum absolute atomic E-state index is 0.00686. The van der Waals surface area contributed by atoms with Crippen LogP contribution in [0.25, 0.3) is 0 Å². The van der Waals surface area contributed by atoms with E-state index in [9.17, 15) is 13.2 Å². The Labute approximate surface area is 121 Å². The van der Waals surface area contributed by atoms with Crippen molar-refractivity contribution in [3.63, 3.8) is 0 Å². The number of sulfone groups is 1. The van der Waals surface area contributed by atoms with Crippen molar-refractivity contribution in [3.05, 3.63) is 40.4 Å². The molecule has 0 heterocycles. The summed E-state index contributed by atoms with van der Waals surface area (Å²) in [7, 11) is -3.52. The van der Waals surface area contributed by atoms with Crippen LogP contribution in [-0.4, -0.2) is 25.2 Å². The summed E-state index contributed by atoms with van der Waals surface area (Å²) in [6.45, 7) is 0. The summed E-state index contributed by atoms with van der Waals surface area (Å²) in [5.41, 5.74) is 1.78. The minimum atomic E-state index is -3.52. The topological polar surface area (TPSA) is 71.4 Å². The van der Waals surface area contributed by atoms with Crippen molar-refractivity contribution in [1.82, 2.24) is 0 Å². The van der Waals surface area contributed by atoms with Crippen LogP contribution in [-0.2, 0) is 21.1 Å². The number of carboxylic acid groups (broad SMARTS) is 1. The van der Waals surface area contributed by atoms with E-state index in [-0.39, 0.29) is 22.1 Å². The monoisotopic (exact) mass is 322 g/mol. The van der Waals surface area contributed by atoms with Crippen LogP contribution >= 0.6 is 23.2 Å². The number of carbonyl (C=O) groups is 1. The molecule has 0 saturated heterocycles. The molecule has 0 bridgehead atoms. The predicted molar refractivity (Wildman–Crippen MR) is 74.2 cm³/mol. The number of hydrogen-bond donors (Lipinski definition) is 1. The van der Waals surface area contributed by atoms with E-state index >= 15 is 0 Å². The zero-order valence-electron chi connectivity index (χ0n) is 9.84. The van der Waals surface area contributed by atoms with Crippen LogP contribution in [0.5, 0.6) is 0 Å². The lowest BCUT2D eigenvalue weighted by atomic mass is 10.1. The molecule has 0 fully saturated rings. The van der Waals surface area contributed by atoms with E-state index in [4.69, 9.17) is 28.3 Å². The van der Waals surface area contributed by atoms with Crippen molar-refractivity contribution in [3.8, 4) is 0 Å². The smallest absolute Gasteiger partial charge is 0.303 e. The maximum atomic E-state index is 11.9. The molecule has 1 rings (SSSR count). The van der Waals surface area contributed by atoms with Gasteiger partial charge in [-0.05, 0) is 24.1 Å². The van der Waals surface area contributed by atoms with Gasteiger partial charge >= 0.3 is 5.97 Å². The van der Waals surface area contributed by atoms with Crippen LogP contribution in [0.4, 0.5) is 0 Å². The lowest BCUT2D eigenvalue weighted by Crippen LogP contribution is -2.07. The van der Waals surface area contributed by atoms with Crippen molar-refractivity contribution in [2.75, 3.05) is 5.75 Å². The van der Waals surface area contributed by atoms with E-state index in [0.29, 0.717) is 6.42 Å². The number of rotatable bonds is 6. The zero-order chi connectivity index (χ0) is 14.5. The van der Waals surface area contributed by atoms with Crippen LogP contribution in [0.1, 0.15) is 12.0 Å². The molecule has 1 aromatic carbocycles. The van der Waals surface area contributed by atoms with Crippen molar-refractivity contribution >= 4 is 39.0 Å². The Balaban J connectivity index is 2.83. The number of carboxylic acids is 1. The molecule has 0 amide bonds. The van der Waals surface area contributed by atoms with E-state index in [1.165, 1.54) is 12.1 Å². The standard InChI is InChI=1S/C12H12Cl2O4S/c13-7-10(14)8-19(17,18)11-4-1-9(2-5-11)3-6-12(15)16/h1-2,4-5,7H,3,6,8H2,(H,15,16). The van der Waals surface area contributed by atoms with Gasteiger partial charge in [0.2, 0.25) is 0 Å². The van der Waals surface area contributed by atoms with Gasteiger partial charge in [0.25, 0.3) is 0 Å². The Morgan fingerprint density at radius 1 is 1.26 bits per heavy atom. The molecule has 0 aromatic heterocycles. The number of halogens is 2. The fourth-order valence-electron chi connectivity index (χ4n) is 1.41. The summed E-state index contributed by atoms with van der Waals surface area (Å²) in [6.07, 6.45) is 0.366. The largest absolute Gasteiger partial charge is 0.481 e. The molecule has 0 radical (unpaired) electrons. The van der Waals surface area contributed by atoms with Gasteiger partial charge < -0.3 is 5.11 Å².